The fourth-order valence-corrected chi connectivity index (χ4v) is 8.17. The Morgan fingerprint density at radius 2 is 1.15 bits per heavy atom. The number of benzene rings is 6. The molecule has 0 saturated heterocycles. The molecule has 1 aliphatic carbocycles. The molecule has 2 unspecified atom stereocenters. The lowest BCUT2D eigenvalue weighted by Gasteiger charge is -2.37. The quantitative estimate of drug-likeness (QED) is 0.185. The highest BCUT2D eigenvalue weighted by Crippen LogP contribution is 2.45. The van der Waals surface area contributed by atoms with Crippen molar-refractivity contribution in [3.63, 3.8) is 0 Å². The van der Waals surface area contributed by atoms with Crippen molar-refractivity contribution < 1.29 is 13.9 Å². The molecule has 0 amide bonds. The van der Waals surface area contributed by atoms with Crippen molar-refractivity contribution in [3.05, 3.63) is 133 Å². The predicted molar refractivity (Wildman–Crippen MR) is 205 cm³/mol. The molecule has 4 heterocycles. The van der Waals surface area contributed by atoms with Crippen molar-refractivity contribution in [3.8, 4) is 51.3 Å². The number of nitrogens with zero attached hydrogens (tertiary/aromatic N) is 4. The van der Waals surface area contributed by atoms with Gasteiger partial charge < -0.3 is 18.5 Å². The molecule has 0 spiro atoms. The predicted octanol–water partition coefficient (Wildman–Crippen LogP) is 11.0. The standard InChI is InChI=1S/C45H32N4O3/c1-3-12-27(13-4-1)43-46-44(28-14-5-2-6-15-28)48-45(47-43)31-17-11-21-39-42(31)33-24-29(22-23-36(33)50-39)49-34-18-8-7-16-30(34)32-25-40-41(26-35(32)49)52-38-20-10-9-19-37(38)51-40/h1-8,11-18,21-26,37-38H,9-10,19-20H2. The van der Waals surface area contributed by atoms with Gasteiger partial charge in [-0.3, -0.25) is 0 Å². The molecule has 1 saturated carbocycles. The third-order valence-electron chi connectivity index (χ3n) is 10.6. The van der Waals surface area contributed by atoms with E-state index < -0.39 is 0 Å². The van der Waals surface area contributed by atoms with Gasteiger partial charge in [0.2, 0.25) is 0 Å². The first-order valence-electron chi connectivity index (χ1n) is 18.0. The van der Waals surface area contributed by atoms with E-state index in [1.807, 2.05) is 72.8 Å². The number of hydrogen-bond donors (Lipinski definition) is 0. The molecule has 7 heteroatoms. The third-order valence-corrected chi connectivity index (χ3v) is 10.6. The summed E-state index contributed by atoms with van der Waals surface area (Å²) in [4.78, 5) is 15.0. The molecule has 1 aliphatic heterocycles. The van der Waals surface area contributed by atoms with Gasteiger partial charge in [0.15, 0.2) is 29.0 Å². The summed E-state index contributed by atoms with van der Waals surface area (Å²) in [5.41, 5.74) is 7.52. The van der Waals surface area contributed by atoms with Crippen LogP contribution in [0.15, 0.2) is 138 Å². The Bertz CT molecular complexity index is 2770. The highest BCUT2D eigenvalue weighted by atomic mass is 16.6. The van der Waals surface area contributed by atoms with Crippen molar-refractivity contribution in [2.45, 2.75) is 37.9 Å². The minimum absolute atomic E-state index is 0.101. The molecule has 0 radical (unpaired) electrons. The Hall–Kier alpha value is -6.47. The Morgan fingerprint density at radius 3 is 1.88 bits per heavy atom. The Morgan fingerprint density at radius 1 is 0.500 bits per heavy atom. The molecule has 0 bridgehead atoms. The summed E-state index contributed by atoms with van der Waals surface area (Å²) in [5.74, 6) is 3.48. The average Bonchev–Trinajstić information content (AvgIpc) is 3.74. The molecular weight excluding hydrogens is 645 g/mol. The Kier molecular flexibility index (Phi) is 6.49. The first kappa shape index (κ1) is 29.3. The van der Waals surface area contributed by atoms with Gasteiger partial charge in [-0.2, -0.15) is 0 Å². The van der Waals surface area contributed by atoms with Crippen LogP contribution in [-0.4, -0.2) is 31.7 Å². The topological polar surface area (TPSA) is 75.2 Å². The van der Waals surface area contributed by atoms with E-state index in [4.69, 9.17) is 28.8 Å². The fraction of sp³-hybridized carbons (Fsp3) is 0.133. The summed E-state index contributed by atoms with van der Waals surface area (Å²) < 4.78 is 22.0. The van der Waals surface area contributed by atoms with Crippen LogP contribution in [0.25, 0.3) is 83.6 Å². The largest absolute Gasteiger partial charge is 0.483 e. The van der Waals surface area contributed by atoms with E-state index >= 15 is 0 Å². The summed E-state index contributed by atoms with van der Waals surface area (Å²) in [6, 6.07) is 45.5. The summed E-state index contributed by atoms with van der Waals surface area (Å²) in [6.07, 6.45) is 4.65. The lowest BCUT2D eigenvalue weighted by Crippen LogP contribution is -2.41. The molecular formula is C45H32N4O3. The van der Waals surface area contributed by atoms with Crippen molar-refractivity contribution in [2.24, 2.45) is 0 Å². The zero-order valence-corrected chi connectivity index (χ0v) is 28.2. The van der Waals surface area contributed by atoms with Crippen molar-refractivity contribution in [1.29, 1.82) is 0 Å². The van der Waals surface area contributed by atoms with Crippen LogP contribution < -0.4 is 9.47 Å². The second-order valence-corrected chi connectivity index (χ2v) is 13.8. The van der Waals surface area contributed by atoms with E-state index in [0.29, 0.717) is 17.5 Å². The van der Waals surface area contributed by atoms with Crippen LogP contribution in [0.4, 0.5) is 0 Å². The second kappa shape index (κ2) is 11.5. The molecule has 7 nitrogen and oxygen atoms in total. The monoisotopic (exact) mass is 676 g/mol. The van der Waals surface area contributed by atoms with Gasteiger partial charge in [-0.15, -0.1) is 0 Å². The van der Waals surface area contributed by atoms with E-state index in [1.54, 1.807) is 0 Å². The zero-order chi connectivity index (χ0) is 34.2. The molecule has 3 aromatic heterocycles. The maximum absolute atomic E-state index is 6.62. The summed E-state index contributed by atoms with van der Waals surface area (Å²) in [5, 5.41) is 4.25. The van der Waals surface area contributed by atoms with Crippen molar-refractivity contribution in [2.75, 3.05) is 0 Å². The molecule has 6 aromatic carbocycles. The van der Waals surface area contributed by atoms with Gasteiger partial charge in [0.05, 0.1) is 11.0 Å². The lowest BCUT2D eigenvalue weighted by molar-refractivity contribution is -0.00578. The third kappa shape index (κ3) is 4.62. The molecule has 0 N–H and O–H groups in total. The minimum atomic E-state index is 0.101. The molecule has 52 heavy (non-hydrogen) atoms. The van der Waals surface area contributed by atoms with Crippen LogP contribution in [-0.2, 0) is 0 Å². The second-order valence-electron chi connectivity index (χ2n) is 13.8. The smallest absolute Gasteiger partial charge is 0.164 e. The zero-order valence-electron chi connectivity index (χ0n) is 28.2. The number of aromatic nitrogens is 4. The van der Waals surface area contributed by atoms with E-state index in [1.165, 1.54) is 18.2 Å². The number of furan rings is 1. The molecule has 9 aromatic rings. The van der Waals surface area contributed by atoms with Crippen LogP contribution >= 0.6 is 0 Å². The first-order chi connectivity index (χ1) is 25.7. The van der Waals surface area contributed by atoms with Gasteiger partial charge in [-0.05, 0) is 62.1 Å². The van der Waals surface area contributed by atoms with Gasteiger partial charge in [-0.1, -0.05) is 91.0 Å². The average molecular weight is 677 g/mol. The molecule has 11 rings (SSSR count). The fourth-order valence-electron chi connectivity index (χ4n) is 8.17. The molecule has 1 fully saturated rings. The van der Waals surface area contributed by atoms with Gasteiger partial charge in [0.25, 0.3) is 0 Å². The number of para-hydroxylation sites is 1. The van der Waals surface area contributed by atoms with E-state index in [9.17, 15) is 0 Å². The number of rotatable bonds is 4. The maximum atomic E-state index is 6.62. The summed E-state index contributed by atoms with van der Waals surface area (Å²) in [6.45, 7) is 0. The van der Waals surface area contributed by atoms with E-state index in [-0.39, 0.29) is 12.2 Å². The van der Waals surface area contributed by atoms with Gasteiger partial charge >= 0.3 is 0 Å². The van der Waals surface area contributed by atoms with E-state index in [2.05, 4.69) is 65.2 Å². The Labute approximate surface area is 299 Å². The molecule has 250 valence electrons. The molecule has 2 aliphatic rings. The summed E-state index contributed by atoms with van der Waals surface area (Å²) in [7, 11) is 0. The number of ether oxygens (including phenoxy) is 2. The molecule has 2 atom stereocenters. The van der Waals surface area contributed by atoms with E-state index in [0.717, 1.165) is 85.1 Å². The van der Waals surface area contributed by atoms with Crippen molar-refractivity contribution >= 4 is 43.7 Å². The van der Waals surface area contributed by atoms with Crippen molar-refractivity contribution in [1.82, 2.24) is 19.5 Å². The normalized spacial score (nSPS) is 16.8. The highest BCUT2D eigenvalue weighted by molar-refractivity contribution is 6.14. The summed E-state index contributed by atoms with van der Waals surface area (Å²) >= 11 is 0. The van der Waals surface area contributed by atoms with Gasteiger partial charge in [0.1, 0.15) is 23.4 Å². The minimum Gasteiger partial charge on any atom is -0.483 e. The van der Waals surface area contributed by atoms with Crippen LogP contribution in [0.1, 0.15) is 25.7 Å². The lowest BCUT2D eigenvalue weighted by atomic mass is 9.93. The first-order valence-corrected chi connectivity index (χ1v) is 18.0. The maximum Gasteiger partial charge on any atom is 0.164 e. The number of hydrogen-bond acceptors (Lipinski definition) is 6. The van der Waals surface area contributed by atoms with Gasteiger partial charge in [0, 0.05) is 50.0 Å². The Balaban J connectivity index is 1.12. The SMILES string of the molecule is c1ccc(-c2nc(-c3ccccc3)nc(-c3cccc4oc5ccc(-n6c7ccccc7c7cc8c(cc76)OC6CCCCC6O8)cc5c34)n2)cc1. The van der Waals surface area contributed by atoms with Crippen LogP contribution in [0.2, 0.25) is 0 Å². The van der Waals surface area contributed by atoms with Crippen LogP contribution in [0.3, 0.4) is 0 Å². The van der Waals surface area contributed by atoms with Crippen LogP contribution in [0.5, 0.6) is 11.5 Å². The van der Waals surface area contributed by atoms with Crippen LogP contribution in [0, 0.1) is 0 Å². The number of fused-ring (bicyclic) bond motifs is 8. The highest BCUT2D eigenvalue weighted by Gasteiger charge is 2.34. The van der Waals surface area contributed by atoms with Gasteiger partial charge in [-0.25, -0.2) is 15.0 Å².